The highest BCUT2D eigenvalue weighted by molar-refractivity contribution is 6.42. The molecule has 1 atom stereocenters. The summed E-state index contributed by atoms with van der Waals surface area (Å²) in [4.78, 5) is 13.9. The second kappa shape index (κ2) is 8.81. The molecule has 0 saturated carbocycles. The van der Waals surface area contributed by atoms with Crippen molar-refractivity contribution in [3.63, 3.8) is 0 Å². The molecule has 1 heterocycles. The third-order valence-corrected chi connectivity index (χ3v) is 4.06. The zero-order chi connectivity index (χ0) is 14.5. The van der Waals surface area contributed by atoms with Gasteiger partial charge in [0, 0.05) is 19.5 Å². The zero-order valence-corrected chi connectivity index (χ0v) is 14.1. The number of carbonyl (C=O) groups is 1. The largest absolute Gasteiger partial charge is 0.370 e. The zero-order valence-electron chi connectivity index (χ0n) is 11.8. The SMILES string of the molecule is CNCCC(=O)N1CCOC(c2ccc(Cl)c(Cl)c2)C1.Cl. The van der Waals surface area contributed by atoms with Gasteiger partial charge in [-0.05, 0) is 24.7 Å². The Balaban J connectivity index is 0.00000220. The number of hydrogen-bond acceptors (Lipinski definition) is 3. The Bertz CT molecular complexity index is 485. The monoisotopic (exact) mass is 352 g/mol. The number of nitrogens with one attached hydrogen (secondary N) is 1. The number of rotatable bonds is 4. The lowest BCUT2D eigenvalue weighted by atomic mass is 10.1. The van der Waals surface area contributed by atoms with Gasteiger partial charge < -0.3 is 15.0 Å². The average molecular weight is 354 g/mol. The minimum atomic E-state index is -0.142. The van der Waals surface area contributed by atoms with Crippen molar-refractivity contribution >= 4 is 41.5 Å². The molecule has 2 rings (SSSR count). The fraction of sp³-hybridized carbons (Fsp3) is 0.500. The molecule has 1 unspecified atom stereocenters. The molecule has 1 aromatic rings. The van der Waals surface area contributed by atoms with Gasteiger partial charge in [0.15, 0.2) is 0 Å². The fourth-order valence-corrected chi connectivity index (χ4v) is 2.49. The Kier molecular flexibility index (Phi) is 7.77. The lowest BCUT2D eigenvalue weighted by Gasteiger charge is -2.33. The van der Waals surface area contributed by atoms with Gasteiger partial charge in [-0.2, -0.15) is 0 Å². The third kappa shape index (κ3) is 5.01. The van der Waals surface area contributed by atoms with Crippen LogP contribution in [0.1, 0.15) is 18.1 Å². The van der Waals surface area contributed by atoms with E-state index < -0.39 is 0 Å². The molecule has 1 amide bonds. The molecular formula is C14H19Cl3N2O2. The van der Waals surface area contributed by atoms with Crippen molar-refractivity contribution in [2.75, 3.05) is 33.3 Å². The van der Waals surface area contributed by atoms with Crippen LogP contribution in [0.4, 0.5) is 0 Å². The summed E-state index contributed by atoms with van der Waals surface area (Å²) in [6.07, 6.45) is 0.363. The van der Waals surface area contributed by atoms with Gasteiger partial charge in [-0.25, -0.2) is 0 Å². The van der Waals surface area contributed by atoms with E-state index in [0.29, 0.717) is 42.7 Å². The first-order valence-corrected chi connectivity index (χ1v) is 7.36. The molecule has 7 heteroatoms. The molecule has 0 spiro atoms. The molecule has 1 fully saturated rings. The molecule has 0 aliphatic carbocycles. The minimum absolute atomic E-state index is 0. The van der Waals surface area contributed by atoms with Gasteiger partial charge in [0.1, 0.15) is 6.10 Å². The van der Waals surface area contributed by atoms with Gasteiger partial charge in [0.25, 0.3) is 0 Å². The highest BCUT2D eigenvalue weighted by atomic mass is 35.5. The number of amides is 1. The smallest absolute Gasteiger partial charge is 0.224 e. The van der Waals surface area contributed by atoms with E-state index in [1.54, 1.807) is 12.1 Å². The summed E-state index contributed by atoms with van der Waals surface area (Å²) in [6, 6.07) is 5.45. The van der Waals surface area contributed by atoms with E-state index in [9.17, 15) is 4.79 Å². The first-order valence-electron chi connectivity index (χ1n) is 6.60. The Labute approximate surface area is 141 Å². The maximum Gasteiger partial charge on any atom is 0.224 e. The van der Waals surface area contributed by atoms with Crippen LogP contribution in [-0.4, -0.2) is 44.1 Å². The summed E-state index contributed by atoms with van der Waals surface area (Å²) in [5.41, 5.74) is 0.950. The van der Waals surface area contributed by atoms with Crippen LogP contribution in [0.5, 0.6) is 0 Å². The molecule has 0 aromatic heterocycles. The minimum Gasteiger partial charge on any atom is -0.370 e. The Morgan fingerprint density at radius 2 is 2.19 bits per heavy atom. The summed E-state index contributed by atoms with van der Waals surface area (Å²) < 4.78 is 5.73. The first kappa shape index (κ1) is 18.5. The topological polar surface area (TPSA) is 41.6 Å². The molecular weight excluding hydrogens is 335 g/mol. The van der Waals surface area contributed by atoms with Crippen molar-refractivity contribution in [1.82, 2.24) is 10.2 Å². The number of carbonyl (C=O) groups excluding carboxylic acids is 1. The third-order valence-electron chi connectivity index (χ3n) is 3.32. The summed E-state index contributed by atoms with van der Waals surface area (Å²) in [7, 11) is 1.84. The van der Waals surface area contributed by atoms with Gasteiger partial charge in [0.2, 0.25) is 5.91 Å². The van der Waals surface area contributed by atoms with E-state index >= 15 is 0 Å². The number of morpholine rings is 1. The quantitative estimate of drug-likeness (QED) is 0.905. The summed E-state index contributed by atoms with van der Waals surface area (Å²) in [5, 5.41) is 4.01. The van der Waals surface area contributed by atoms with Crippen molar-refractivity contribution in [3.8, 4) is 0 Å². The summed E-state index contributed by atoms with van der Waals surface area (Å²) in [5.74, 6) is 0.146. The van der Waals surface area contributed by atoms with E-state index in [1.165, 1.54) is 0 Å². The molecule has 118 valence electrons. The van der Waals surface area contributed by atoms with Crippen LogP contribution in [0.25, 0.3) is 0 Å². The molecule has 21 heavy (non-hydrogen) atoms. The number of halogens is 3. The van der Waals surface area contributed by atoms with E-state index in [4.69, 9.17) is 27.9 Å². The maximum atomic E-state index is 12.0. The molecule has 1 saturated heterocycles. The van der Waals surface area contributed by atoms with Gasteiger partial charge >= 0.3 is 0 Å². The molecule has 1 aliphatic heterocycles. The second-order valence-corrected chi connectivity index (χ2v) is 5.54. The van der Waals surface area contributed by atoms with Crippen LogP contribution >= 0.6 is 35.6 Å². The number of ether oxygens (including phenoxy) is 1. The van der Waals surface area contributed by atoms with Crippen LogP contribution in [0, 0.1) is 0 Å². The summed E-state index contributed by atoms with van der Waals surface area (Å²) >= 11 is 11.9. The first-order chi connectivity index (χ1) is 9.61. The predicted octanol–water partition coefficient (Wildman–Crippen LogP) is 2.92. The van der Waals surface area contributed by atoms with Gasteiger partial charge in [-0.15, -0.1) is 12.4 Å². The predicted molar refractivity (Wildman–Crippen MR) is 87.5 cm³/mol. The van der Waals surface area contributed by atoms with E-state index in [2.05, 4.69) is 5.32 Å². The second-order valence-electron chi connectivity index (χ2n) is 4.73. The van der Waals surface area contributed by atoms with E-state index in [1.807, 2.05) is 18.0 Å². The number of nitrogens with zero attached hydrogens (tertiary/aromatic N) is 1. The molecule has 0 radical (unpaired) electrons. The van der Waals surface area contributed by atoms with Gasteiger partial charge in [-0.3, -0.25) is 4.79 Å². The van der Waals surface area contributed by atoms with Crippen molar-refractivity contribution in [3.05, 3.63) is 33.8 Å². The lowest BCUT2D eigenvalue weighted by Crippen LogP contribution is -2.42. The molecule has 1 aliphatic rings. The van der Waals surface area contributed by atoms with Crippen molar-refractivity contribution in [1.29, 1.82) is 0 Å². The van der Waals surface area contributed by atoms with Crippen LogP contribution in [-0.2, 0) is 9.53 Å². The van der Waals surface area contributed by atoms with Crippen LogP contribution < -0.4 is 5.32 Å². The molecule has 0 bridgehead atoms. The van der Waals surface area contributed by atoms with Crippen LogP contribution in [0.2, 0.25) is 10.0 Å². The van der Waals surface area contributed by atoms with Crippen molar-refractivity contribution in [2.24, 2.45) is 0 Å². The van der Waals surface area contributed by atoms with Gasteiger partial charge in [0.05, 0.1) is 23.2 Å². The van der Waals surface area contributed by atoms with Crippen molar-refractivity contribution < 1.29 is 9.53 Å². The molecule has 1 aromatic carbocycles. The normalized spacial score (nSPS) is 18.2. The Hall–Kier alpha value is -0.520. The molecule has 1 N–H and O–H groups in total. The maximum absolute atomic E-state index is 12.0. The average Bonchev–Trinajstić information content (AvgIpc) is 2.47. The Morgan fingerprint density at radius 3 is 2.86 bits per heavy atom. The van der Waals surface area contributed by atoms with Crippen LogP contribution in [0.3, 0.4) is 0 Å². The van der Waals surface area contributed by atoms with E-state index in [-0.39, 0.29) is 24.4 Å². The lowest BCUT2D eigenvalue weighted by molar-refractivity contribution is -0.138. The fourth-order valence-electron chi connectivity index (χ4n) is 2.18. The Morgan fingerprint density at radius 1 is 1.43 bits per heavy atom. The van der Waals surface area contributed by atoms with Crippen molar-refractivity contribution in [2.45, 2.75) is 12.5 Å². The highest BCUT2D eigenvalue weighted by Crippen LogP contribution is 2.29. The standard InChI is InChI=1S/C14H18Cl2N2O2.ClH/c1-17-5-4-14(19)18-6-7-20-13(9-18)10-2-3-11(15)12(16)8-10;/h2-3,8,13,17H,4-7,9H2,1H3;1H. The number of benzene rings is 1. The number of hydrogen-bond donors (Lipinski definition) is 1. The van der Waals surface area contributed by atoms with Crippen LogP contribution in [0.15, 0.2) is 18.2 Å². The van der Waals surface area contributed by atoms with E-state index in [0.717, 1.165) is 5.56 Å². The summed E-state index contributed by atoms with van der Waals surface area (Å²) in [6.45, 7) is 2.42. The van der Waals surface area contributed by atoms with Gasteiger partial charge in [-0.1, -0.05) is 29.3 Å². The molecule has 4 nitrogen and oxygen atoms in total. The highest BCUT2D eigenvalue weighted by Gasteiger charge is 2.25.